The Balaban J connectivity index is 1.28. The van der Waals surface area contributed by atoms with E-state index in [1.54, 1.807) is 36.5 Å². The lowest BCUT2D eigenvalue weighted by atomic mass is 10.0. The molecule has 2 aromatic heterocycles. The summed E-state index contributed by atoms with van der Waals surface area (Å²) in [7, 11) is 0. The zero-order valence-corrected chi connectivity index (χ0v) is 18.8. The van der Waals surface area contributed by atoms with Crippen LogP contribution in [0.25, 0.3) is 5.65 Å². The number of carbonyl (C=O) groups is 2. The fourth-order valence-corrected chi connectivity index (χ4v) is 3.58. The van der Waals surface area contributed by atoms with Gasteiger partial charge >= 0.3 is 0 Å². The summed E-state index contributed by atoms with van der Waals surface area (Å²) < 4.78 is 25.9. The van der Waals surface area contributed by atoms with Gasteiger partial charge in [-0.15, -0.1) is 5.10 Å². The van der Waals surface area contributed by atoms with Gasteiger partial charge in [0.2, 0.25) is 11.8 Å². The predicted octanol–water partition coefficient (Wildman–Crippen LogP) is 4.20. The van der Waals surface area contributed by atoms with Gasteiger partial charge in [-0.25, -0.2) is 13.9 Å². The molecule has 178 valence electrons. The number of ether oxygens (including phenoxy) is 2. The van der Waals surface area contributed by atoms with Crippen molar-refractivity contribution in [1.82, 2.24) is 14.6 Å². The van der Waals surface area contributed by atoms with E-state index in [4.69, 9.17) is 9.47 Å². The number of rotatable bonds is 7. The molecular weight excluding hydrogens is 453 g/mol. The lowest BCUT2D eigenvalue weighted by Crippen LogP contribution is -2.31. The van der Waals surface area contributed by atoms with E-state index >= 15 is 0 Å². The molecule has 0 radical (unpaired) electrons. The third-order valence-electron chi connectivity index (χ3n) is 5.51. The molecule has 4 aromatic rings. The molecule has 2 amide bonds. The van der Waals surface area contributed by atoms with Gasteiger partial charge in [0.05, 0.1) is 19.4 Å². The number of hydrogen-bond donors (Lipinski definition) is 2. The van der Waals surface area contributed by atoms with E-state index in [0.29, 0.717) is 48.4 Å². The number of carbonyl (C=O) groups excluding carboxylic acids is 2. The van der Waals surface area contributed by atoms with Crippen LogP contribution in [0.3, 0.4) is 0 Å². The van der Waals surface area contributed by atoms with E-state index in [0.717, 1.165) is 5.56 Å². The van der Waals surface area contributed by atoms with Gasteiger partial charge in [-0.2, -0.15) is 0 Å². The van der Waals surface area contributed by atoms with E-state index < -0.39 is 11.7 Å². The maximum absolute atomic E-state index is 13.5. The van der Waals surface area contributed by atoms with Crippen LogP contribution in [0.5, 0.6) is 11.6 Å². The Morgan fingerprint density at radius 2 is 2.00 bits per heavy atom. The Morgan fingerprint density at radius 3 is 2.77 bits per heavy atom. The van der Waals surface area contributed by atoms with Gasteiger partial charge in [-0.1, -0.05) is 12.1 Å². The smallest absolute Gasteiger partial charge is 0.255 e. The molecule has 0 aliphatic carbocycles. The maximum Gasteiger partial charge on any atom is 0.255 e. The molecule has 9 nitrogen and oxygen atoms in total. The normalized spacial score (nSPS) is 13.3. The quantitative estimate of drug-likeness (QED) is 0.415. The zero-order valence-electron chi connectivity index (χ0n) is 18.8. The number of nitrogens with zero attached hydrogens (tertiary/aromatic N) is 3. The average molecular weight is 475 g/mol. The van der Waals surface area contributed by atoms with Gasteiger partial charge < -0.3 is 20.1 Å². The van der Waals surface area contributed by atoms with Crippen molar-refractivity contribution in [1.29, 1.82) is 0 Å². The first kappa shape index (κ1) is 22.5. The van der Waals surface area contributed by atoms with E-state index in [9.17, 15) is 14.0 Å². The van der Waals surface area contributed by atoms with Crippen LogP contribution in [0, 0.1) is 18.7 Å². The van der Waals surface area contributed by atoms with E-state index in [2.05, 4.69) is 20.7 Å². The lowest BCUT2D eigenvalue weighted by molar-refractivity contribution is -0.121. The van der Waals surface area contributed by atoms with Gasteiger partial charge in [-0.05, 0) is 42.8 Å². The third kappa shape index (κ3) is 5.28. The molecular formula is C25H22FN5O4. The molecule has 0 spiro atoms. The topological polar surface area (TPSA) is 107 Å². The van der Waals surface area contributed by atoms with Crippen LogP contribution >= 0.6 is 0 Å². The fourth-order valence-electron chi connectivity index (χ4n) is 3.58. The number of halogens is 1. The molecule has 1 fully saturated rings. The molecule has 5 rings (SSSR count). The second-order valence-electron chi connectivity index (χ2n) is 8.30. The average Bonchev–Trinajstić information content (AvgIpc) is 3.20. The first-order valence-corrected chi connectivity index (χ1v) is 11.0. The summed E-state index contributed by atoms with van der Waals surface area (Å²) in [4.78, 5) is 29.0. The van der Waals surface area contributed by atoms with Crippen molar-refractivity contribution in [2.75, 3.05) is 23.8 Å². The van der Waals surface area contributed by atoms with Crippen molar-refractivity contribution in [2.24, 2.45) is 5.92 Å². The Morgan fingerprint density at radius 1 is 1.14 bits per heavy atom. The Kier molecular flexibility index (Phi) is 6.11. The number of aryl methyl sites for hydroxylation is 1. The van der Waals surface area contributed by atoms with Crippen molar-refractivity contribution in [2.45, 2.75) is 13.3 Å². The number of aromatic nitrogens is 3. The minimum absolute atomic E-state index is 0.120. The van der Waals surface area contributed by atoms with E-state index in [1.807, 2.05) is 6.92 Å². The Bertz CT molecular complexity index is 1420. The predicted molar refractivity (Wildman–Crippen MR) is 126 cm³/mol. The van der Waals surface area contributed by atoms with Gasteiger partial charge in [0, 0.05) is 35.7 Å². The molecule has 3 heterocycles. The standard InChI is InChI=1S/C25H22FN5O4/c1-15-5-6-19(11-20(15)27-25(33)17-3-2-4-18(26)10-17)35-24-8-7-22-28-21(12-31(22)30-24)29-23(32)9-16-13-34-14-16/h2-8,10-12,16H,9,13-14H2,1H3,(H,27,33)(H,29,32). The second-order valence-corrected chi connectivity index (χ2v) is 8.30. The highest BCUT2D eigenvalue weighted by Gasteiger charge is 2.22. The number of hydrogen-bond acceptors (Lipinski definition) is 6. The molecule has 0 atom stereocenters. The third-order valence-corrected chi connectivity index (χ3v) is 5.51. The van der Waals surface area contributed by atoms with Crippen LogP contribution in [0.2, 0.25) is 0 Å². The number of benzene rings is 2. The molecule has 1 aliphatic heterocycles. The zero-order chi connectivity index (χ0) is 24.4. The number of fused-ring (bicyclic) bond motifs is 1. The molecule has 1 aliphatic rings. The van der Waals surface area contributed by atoms with Crippen LogP contribution in [-0.2, 0) is 9.53 Å². The Hall–Kier alpha value is -4.31. The fraction of sp³-hybridized carbons (Fsp3) is 0.200. The van der Waals surface area contributed by atoms with Crippen LogP contribution in [-0.4, -0.2) is 39.6 Å². The van der Waals surface area contributed by atoms with E-state index in [1.165, 1.54) is 28.8 Å². The highest BCUT2D eigenvalue weighted by atomic mass is 19.1. The van der Waals surface area contributed by atoms with Crippen molar-refractivity contribution in [3.63, 3.8) is 0 Å². The van der Waals surface area contributed by atoms with Crippen LogP contribution in [0.4, 0.5) is 15.9 Å². The van der Waals surface area contributed by atoms with Crippen molar-refractivity contribution < 1.29 is 23.5 Å². The number of amides is 2. The monoisotopic (exact) mass is 475 g/mol. The molecule has 2 aromatic carbocycles. The molecule has 0 bridgehead atoms. The highest BCUT2D eigenvalue weighted by molar-refractivity contribution is 6.04. The summed E-state index contributed by atoms with van der Waals surface area (Å²) in [6.07, 6.45) is 2.00. The largest absolute Gasteiger partial charge is 0.438 e. The first-order valence-electron chi connectivity index (χ1n) is 11.0. The molecule has 0 saturated carbocycles. The summed E-state index contributed by atoms with van der Waals surface area (Å²) in [5.41, 5.74) is 2.11. The summed E-state index contributed by atoms with van der Waals surface area (Å²) in [6.45, 7) is 3.06. The van der Waals surface area contributed by atoms with Crippen molar-refractivity contribution >= 4 is 29.0 Å². The van der Waals surface area contributed by atoms with Gasteiger partial charge in [-0.3, -0.25) is 9.59 Å². The summed E-state index contributed by atoms with van der Waals surface area (Å²) in [5.74, 6) is 0.371. The van der Waals surface area contributed by atoms with Crippen LogP contribution in [0.1, 0.15) is 22.3 Å². The lowest BCUT2D eigenvalue weighted by Gasteiger charge is -2.24. The first-order chi connectivity index (χ1) is 16.9. The minimum Gasteiger partial charge on any atom is -0.438 e. The summed E-state index contributed by atoms with van der Waals surface area (Å²) >= 11 is 0. The SMILES string of the molecule is Cc1ccc(Oc2ccc3nc(NC(=O)CC4COC4)cn3n2)cc1NC(=O)c1cccc(F)c1. The molecule has 10 heteroatoms. The minimum atomic E-state index is -0.483. The molecule has 2 N–H and O–H groups in total. The summed E-state index contributed by atoms with van der Waals surface area (Å²) in [6, 6.07) is 14.1. The number of nitrogens with one attached hydrogen (secondary N) is 2. The molecule has 1 saturated heterocycles. The molecule has 0 unspecified atom stereocenters. The van der Waals surface area contributed by atoms with Gasteiger partial charge in [0.1, 0.15) is 11.6 Å². The van der Waals surface area contributed by atoms with Gasteiger partial charge in [0.15, 0.2) is 11.5 Å². The Labute approximate surface area is 199 Å². The maximum atomic E-state index is 13.5. The second kappa shape index (κ2) is 9.51. The van der Waals surface area contributed by atoms with Crippen molar-refractivity contribution in [3.05, 3.63) is 77.7 Å². The van der Waals surface area contributed by atoms with Crippen molar-refractivity contribution in [3.8, 4) is 11.6 Å². The van der Waals surface area contributed by atoms with Crippen LogP contribution < -0.4 is 15.4 Å². The van der Waals surface area contributed by atoms with E-state index in [-0.39, 0.29) is 17.4 Å². The highest BCUT2D eigenvalue weighted by Crippen LogP contribution is 2.27. The molecule has 35 heavy (non-hydrogen) atoms. The number of anilines is 2. The summed E-state index contributed by atoms with van der Waals surface area (Å²) in [5, 5.41) is 9.95. The number of imidazole rings is 1. The van der Waals surface area contributed by atoms with Crippen LogP contribution in [0.15, 0.2) is 60.8 Å². The van der Waals surface area contributed by atoms with Gasteiger partial charge in [0.25, 0.3) is 5.91 Å².